The molecule has 6 nitrogen and oxygen atoms in total. The van der Waals surface area contributed by atoms with Gasteiger partial charge < -0.3 is 16.0 Å². The zero-order valence-electron chi connectivity index (χ0n) is 10.3. The van der Waals surface area contributed by atoms with Gasteiger partial charge in [-0.05, 0) is 17.7 Å². The molecular formula is C13H14N4O2. The monoisotopic (exact) mass is 258 g/mol. The fourth-order valence-corrected chi connectivity index (χ4v) is 1.99. The maximum atomic E-state index is 12.1. The molecule has 98 valence electrons. The second kappa shape index (κ2) is 5.40. The van der Waals surface area contributed by atoms with Crippen LogP contribution < -0.4 is 11.1 Å². The Labute approximate surface area is 110 Å². The van der Waals surface area contributed by atoms with Crippen LogP contribution in [-0.4, -0.2) is 29.8 Å². The molecule has 0 bridgehead atoms. The minimum Gasteiger partial charge on any atom is -0.399 e. The van der Waals surface area contributed by atoms with E-state index in [2.05, 4.69) is 5.32 Å². The van der Waals surface area contributed by atoms with E-state index in [0.29, 0.717) is 24.3 Å². The number of nitrogens with two attached hydrogens (primary N) is 1. The van der Waals surface area contributed by atoms with Crippen LogP contribution in [0.4, 0.5) is 5.69 Å². The molecule has 2 amide bonds. The molecule has 0 aliphatic carbocycles. The number of nitrogens with one attached hydrogen (secondary N) is 1. The lowest BCUT2D eigenvalue weighted by atomic mass is 10.1. The van der Waals surface area contributed by atoms with Gasteiger partial charge in [0.05, 0.1) is 12.5 Å². The Balaban J connectivity index is 1.97. The van der Waals surface area contributed by atoms with Crippen molar-refractivity contribution < 1.29 is 9.59 Å². The molecule has 0 spiro atoms. The van der Waals surface area contributed by atoms with Crippen LogP contribution in [0.3, 0.4) is 0 Å². The summed E-state index contributed by atoms with van der Waals surface area (Å²) < 4.78 is 0. The molecule has 1 aromatic carbocycles. The molecule has 0 saturated carbocycles. The second-order valence-electron chi connectivity index (χ2n) is 4.34. The van der Waals surface area contributed by atoms with Gasteiger partial charge in [-0.1, -0.05) is 6.07 Å². The van der Waals surface area contributed by atoms with E-state index in [1.807, 2.05) is 6.07 Å². The van der Waals surface area contributed by atoms with Crippen LogP contribution >= 0.6 is 0 Å². The lowest BCUT2D eigenvalue weighted by Crippen LogP contribution is -2.37. The summed E-state index contributed by atoms with van der Waals surface area (Å²) in [5.74, 6) is -0.442. The Morgan fingerprint density at radius 1 is 1.53 bits per heavy atom. The van der Waals surface area contributed by atoms with Crippen LogP contribution in [0.1, 0.15) is 22.3 Å². The number of benzene rings is 1. The Hall–Kier alpha value is -2.55. The summed E-state index contributed by atoms with van der Waals surface area (Å²) in [5.41, 5.74) is 7.61. The molecular weight excluding hydrogens is 244 g/mol. The summed E-state index contributed by atoms with van der Waals surface area (Å²) in [4.78, 5) is 25.1. The smallest absolute Gasteiger partial charge is 0.255 e. The average molecular weight is 258 g/mol. The molecule has 3 N–H and O–H groups in total. The van der Waals surface area contributed by atoms with E-state index in [-0.39, 0.29) is 24.8 Å². The van der Waals surface area contributed by atoms with Crippen molar-refractivity contribution in [2.45, 2.75) is 13.0 Å². The van der Waals surface area contributed by atoms with Gasteiger partial charge in [0, 0.05) is 24.3 Å². The zero-order valence-corrected chi connectivity index (χ0v) is 10.3. The van der Waals surface area contributed by atoms with Crippen LogP contribution in [-0.2, 0) is 11.3 Å². The highest BCUT2D eigenvalue weighted by atomic mass is 16.2. The van der Waals surface area contributed by atoms with Crippen LogP contribution in [0.5, 0.6) is 0 Å². The highest BCUT2D eigenvalue weighted by Gasteiger charge is 2.28. The number of anilines is 1. The van der Waals surface area contributed by atoms with Gasteiger partial charge in [-0.2, -0.15) is 5.26 Å². The summed E-state index contributed by atoms with van der Waals surface area (Å²) >= 11 is 0. The number of nitrogens with zero attached hydrogens (tertiary/aromatic N) is 2. The second-order valence-corrected chi connectivity index (χ2v) is 4.34. The van der Waals surface area contributed by atoms with Gasteiger partial charge in [0.25, 0.3) is 5.91 Å². The van der Waals surface area contributed by atoms with E-state index < -0.39 is 0 Å². The predicted molar refractivity (Wildman–Crippen MR) is 68.8 cm³/mol. The van der Waals surface area contributed by atoms with Crippen LogP contribution in [0, 0.1) is 11.3 Å². The maximum Gasteiger partial charge on any atom is 0.255 e. The Bertz CT molecular complexity index is 562. The van der Waals surface area contributed by atoms with Crippen LogP contribution in [0.15, 0.2) is 18.2 Å². The Morgan fingerprint density at radius 3 is 3.05 bits per heavy atom. The normalized spacial score (nSPS) is 13.0. The molecule has 2 rings (SSSR count). The average Bonchev–Trinajstić information content (AvgIpc) is 2.67. The van der Waals surface area contributed by atoms with Gasteiger partial charge in [-0.25, -0.2) is 0 Å². The molecule has 0 radical (unpaired) electrons. The number of hydrogen-bond donors (Lipinski definition) is 2. The molecule has 6 heteroatoms. The number of carbonyl (C=O) groups excluding carboxylic acids is 2. The number of nitrogen functional groups attached to an aromatic ring is 1. The summed E-state index contributed by atoms with van der Waals surface area (Å²) in [6.07, 6.45) is 0.260. The minimum absolute atomic E-state index is 0.00114. The Kier molecular flexibility index (Phi) is 3.66. The lowest BCUT2D eigenvalue weighted by Gasteiger charge is -2.14. The topological polar surface area (TPSA) is 99.2 Å². The number of fused-ring (bicyclic) bond motifs is 1. The van der Waals surface area contributed by atoms with Gasteiger partial charge in [0.1, 0.15) is 6.54 Å². The third-order valence-corrected chi connectivity index (χ3v) is 2.91. The first-order valence-electron chi connectivity index (χ1n) is 5.93. The molecule has 1 aromatic rings. The van der Waals surface area contributed by atoms with Gasteiger partial charge in [0.15, 0.2) is 0 Å². The summed E-state index contributed by atoms with van der Waals surface area (Å²) in [5, 5.41) is 11.0. The number of nitriles is 1. The van der Waals surface area contributed by atoms with Gasteiger partial charge in [-0.3, -0.25) is 9.59 Å². The first-order valence-corrected chi connectivity index (χ1v) is 5.93. The SMILES string of the molecule is N#CCCNC(=O)CN1Cc2ccc(N)cc2C1=O. The first kappa shape index (κ1) is 12.9. The molecule has 0 saturated heterocycles. The maximum absolute atomic E-state index is 12.1. The van der Waals surface area contributed by atoms with Crippen LogP contribution in [0.2, 0.25) is 0 Å². The highest BCUT2D eigenvalue weighted by molar-refractivity contribution is 6.00. The number of rotatable bonds is 4. The fourth-order valence-electron chi connectivity index (χ4n) is 1.99. The fraction of sp³-hybridized carbons (Fsp3) is 0.308. The first-order chi connectivity index (χ1) is 9.11. The molecule has 1 heterocycles. The highest BCUT2D eigenvalue weighted by Crippen LogP contribution is 2.24. The van der Waals surface area contributed by atoms with Crippen molar-refractivity contribution in [3.05, 3.63) is 29.3 Å². The van der Waals surface area contributed by atoms with Crippen molar-refractivity contribution in [2.75, 3.05) is 18.8 Å². The van der Waals surface area contributed by atoms with Gasteiger partial charge >= 0.3 is 0 Å². The quantitative estimate of drug-likeness (QED) is 0.597. The van der Waals surface area contributed by atoms with E-state index in [0.717, 1.165) is 5.56 Å². The Morgan fingerprint density at radius 2 is 2.32 bits per heavy atom. The molecule has 1 aliphatic heterocycles. The van der Waals surface area contributed by atoms with Crippen molar-refractivity contribution in [2.24, 2.45) is 0 Å². The van der Waals surface area contributed by atoms with Crippen molar-refractivity contribution in [3.8, 4) is 6.07 Å². The largest absolute Gasteiger partial charge is 0.399 e. The number of amides is 2. The molecule has 19 heavy (non-hydrogen) atoms. The third kappa shape index (κ3) is 2.83. The summed E-state index contributed by atoms with van der Waals surface area (Å²) in [6, 6.07) is 7.11. The van der Waals surface area contributed by atoms with E-state index in [9.17, 15) is 9.59 Å². The standard InChI is InChI=1S/C13H14N4O2/c14-4-1-5-16-12(18)8-17-7-9-2-3-10(15)6-11(9)13(17)19/h2-3,6H,1,5,7-8,15H2,(H,16,18). The van der Waals surface area contributed by atoms with E-state index in [4.69, 9.17) is 11.0 Å². The van der Waals surface area contributed by atoms with Gasteiger partial charge in [-0.15, -0.1) is 0 Å². The van der Waals surface area contributed by atoms with E-state index in [1.165, 1.54) is 4.90 Å². The van der Waals surface area contributed by atoms with Crippen LogP contribution in [0.25, 0.3) is 0 Å². The van der Waals surface area contributed by atoms with E-state index in [1.54, 1.807) is 18.2 Å². The zero-order chi connectivity index (χ0) is 13.8. The lowest BCUT2D eigenvalue weighted by molar-refractivity contribution is -0.121. The van der Waals surface area contributed by atoms with Crippen molar-refractivity contribution >= 4 is 17.5 Å². The summed E-state index contributed by atoms with van der Waals surface area (Å²) in [6.45, 7) is 0.718. The van der Waals surface area contributed by atoms with Crippen molar-refractivity contribution in [1.29, 1.82) is 5.26 Å². The predicted octanol–water partition coefficient (Wildman–Crippen LogP) is 0.254. The molecule has 0 aromatic heterocycles. The summed E-state index contributed by atoms with van der Waals surface area (Å²) in [7, 11) is 0. The van der Waals surface area contributed by atoms with Gasteiger partial charge in [0.2, 0.25) is 5.91 Å². The van der Waals surface area contributed by atoms with Crippen molar-refractivity contribution in [1.82, 2.24) is 10.2 Å². The minimum atomic E-state index is -0.260. The molecule has 0 unspecified atom stereocenters. The number of carbonyl (C=O) groups is 2. The third-order valence-electron chi connectivity index (χ3n) is 2.91. The molecule has 0 fully saturated rings. The number of hydrogen-bond acceptors (Lipinski definition) is 4. The molecule has 0 atom stereocenters. The molecule has 1 aliphatic rings. The van der Waals surface area contributed by atoms with Crippen molar-refractivity contribution in [3.63, 3.8) is 0 Å². The van der Waals surface area contributed by atoms with E-state index >= 15 is 0 Å².